The van der Waals surface area contributed by atoms with Gasteiger partial charge in [0.15, 0.2) is 0 Å². The van der Waals surface area contributed by atoms with E-state index in [1.54, 1.807) is 6.07 Å². The van der Waals surface area contributed by atoms with Crippen LogP contribution in [0.1, 0.15) is 12.5 Å². The number of halogens is 1. The van der Waals surface area contributed by atoms with E-state index in [-0.39, 0.29) is 6.04 Å². The van der Waals surface area contributed by atoms with Crippen LogP contribution in [0.3, 0.4) is 0 Å². The molecule has 1 aromatic carbocycles. The molecule has 1 atom stereocenters. The second-order valence-corrected chi connectivity index (χ2v) is 4.99. The van der Waals surface area contributed by atoms with Gasteiger partial charge in [0.2, 0.25) is 5.95 Å². The maximum atomic E-state index is 5.67. The van der Waals surface area contributed by atoms with E-state index in [4.69, 9.17) is 5.73 Å². The Hall–Kier alpha value is -1.62. The Bertz CT molecular complexity index is 495. The lowest BCUT2D eigenvalue weighted by molar-refractivity contribution is 0.777. The number of nitrogens with two attached hydrogens (primary N) is 1. The molecule has 0 aliphatic carbocycles. The zero-order valence-corrected chi connectivity index (χ0v) is 11.7. The summed E-state index contributed by atoms with van der Waals surface area (Å²) in [6.07, 6.45) is 0.913. The van der Waals surface area contributed by atoms with Crippen LogP contribution in [0.25, 0.3) is 0 Å². The van der Waals surface area contributed by atoms with Gasteiger partial charge < -0.3 is 11.1 Å². The highest BCUT2D eigenvalue weighted by Crippen LogP contribution is 2.14. The Morgan fingerprint density at radius 3 is 2.67 bits per heavy atom. The highest BCUT2D eigenvalue weighted by atomic mass is 79.9. The van der Waals surface area contributed by atoms with E-state index in [1.165, 1.54) is 5.56 Å². The molecule has 2 aromatic rings. The van der Waals surface area contributed by atoms with Crippen LogP contribution in [0.5, 0.6) is 0 Å². The van der Waals surface area contributed by atoms with Crippen molar-refractivity contribution >= 4 is 27.7 Å². The van der Waals surface area contributed by atoms with E-state index < -0.39 is 0 Å². The lowest BCUT2D eigenvalue weighted by Gasteiger charge is -2.14. The van der Waals surface area contributed by atoms with E-state index in [0.29, 0.717) is 16.4 Å². The molecule has 0 aliphatic rings. The average Bonchev–Trinajstić information content (AvgIpc) is 2.28. The van der Waals surface area contributed by atoms with Crippen LogP contribution >= 0.6 is 15.9 Å². The van der Waals surface area contributed by atoms with Crippen LogP contribution in [0.2, 0.25) is 0 Å². The smallest absolute Gasteiger partial charge is 0.225 e. The molecular formula is C13H15BrN4. The van der Waals surface area contributed by atoms with Crippen molar-refractivity contribution in [2.24, 2.45) is 0 Å². The fourth-order valence-electron chi connectivity index (χ4n) is 1.74. The second kappa shape index (κ2) is 5.82. The van der Waals surface area contributed by atoms with Gasteiger partial charge in [-0.1, -0.05) is 30.3 Å². The molecule has 18 heavy (non-hydrogen) atoms. The zero-order valence-electron chi connectivity index (χ0n) is 10.1. The first-order valence-corrected chi connectivity index (χ1v) is 6.53. The molecule has 1 unspecified atom stereocenters. The summed E-state index contributed by atoms with van der Waals surface area (Å²) in [4.78, 5) is 8.37. The topological polar surface area (TPSA) is 63.8 Å². The Morgan fingerprint density at radius 1 is 1.28 bits per heavy atom. The fraction of sp³-hybridized carbons (Fsp3) is 0.231. The molecule has 0 saturated carbocycles. The molecular weight excluding hydrogens is 292 g/mol. The van der Waals surface area contributed by atoms with Crippen LogP contribution in [-0.4, -0.2) is 16.0 Å². The monoisotopic (exact) mass is 306 g/mol. The largest absolute Gasteiger partial charge is 0.383 e. The molecule has 2 rings (SSSR count). The molecule has 0 amide bonds. The average molecular weight is 307 g/mol. The Labute approximate surface area is 115 Å². The van der Waals surface area contributed by atoms with E-state index in [2.05, 4.69) is 50.3 Å². The normalized spacial score (nSPS) is 12.1. The van der Waals surface area contributed by atoms with E-state index >= 15 is 0 Å². The third-order valence-corrected chi connectivity index (χ3v) is 2.88. The van der Waals surface area contributed by atoms with E-state index in [1.807, 2.05) is 18.2 Å². The van der Waals surface area contributed by atoms with Crippen LogP contribution in [-0.2, 0) is 6.42 Å². The summed E-state index contributed by atoms with van der Waals surface area (Å²) in [7, 11) is 0. The third kappa shape index (κ3) is 3.70. The quantitative estimate of drug-likeness (QED) is 0.853. The minimum atomic E-state index is 0.237. The van der Waals surface area contributed by atoms with Crippen molar-refractivity contribution in [2.75, 3.05) is 11.1 Å². The summed E-state index contributed by atoms with van der Waals surface area (Å²) >= 11 is 3.30. The highest BCUT2D eigenvalue weighted by molar-refractivity contribution is 9.10. The minimum Gasteiger partial charge on any atom is -0.383 e. The summed E-state index contributed by atoms with van der Waals surface area (Å²) < 4.78 is 0.685. The molecule has 4 nitrogen and oxygen atoms in total. The van der Waals surface area contributed by atoms with Crippen LogP contribution in [0.4, 0.5) is 11.8 Å². The van der Waals surface area contributed by atoms with Crippen molar-refractivity contribution in [1.29, 1.82) is 0 Å². The molecule has 3 N–H and O–H groups in total. The van der Waals surface area contributed by atoms with Gasteiger partial charge in [0.05, 0.1) is 0 Å². The van der Waals surface area contributed by atoms with Crippen molar-refractivity contribution in [3.8, 4) is 0 Å². The number of hydrogen-bond acceptors (Lipinski definition) is 4. The van der Waals surface area contributed by atoms with Crippen molar-refractivity contribution in [2.45, 2.75) is 19.4 Å². The number of nitrogens with one attached hydrogen (secondary N) is 1. The predicted octanol–water partition coefficient (Wildman–Crippen LogP) is 2.86. The maximum Gasteiger partial charge on any atom is 0.225 e. The third-order valence-electron chi connectivity index (χ3n) is 2.47. The van der Waals surface area contributed by atoms with Crippen molar-refractivity contribution in [1.82, 2.24) is 9.97 Å². The summed E-state index contributed by atoms with van der Waals surface area (Å²) in [6, 6.07) is 12.2. The van der Waals surface area contributed by atoms with Crippen molar-refractivity contribution in [3.63, 3.8) is 0 Å². The van der Waals surface area contributed by atoms with Gasteiger partial charge in [0.25, 0.3) is 0 Å². The van der Waals surface area contributed by atoms with Crippen molar-refractivity contribution < 1.29 is 0 Å². The predicted molar refractivity (Wildman–Crippen MR) is 77.4 cm³/mol. The zero-order chi connectivity index (χ0) is 13.0. The standard InChI is InChI=1S/C13H15BrN4/c1-9(7-10-5-3-2-4-6-10)16-13-17-11(14)8-12(15)18-13/h2-6,8-9H,7H2,1H3,(H3,15,16,17,18). The fourth-order valence-corrected chi connectivity index (χ4v) is 2.14. The van der Waals surface area contributed by atoms with Crippen LogP contribution in [0.15, 0.2) is 41.0 Å². The first-order chi connectivity index (χ1) is 8.63. The molecule has 0 fully saturated rings. The first-order valence-electron chi connectivity index (χ1n) is 5.74. The van der Waals surface area contributed by atoms with Gasteiger partial charge in [0.1, 0.15) is 10.4 Å². The van der Waals surface area contributed by atoms with E-state index in [9.17, 15) is 0 Å². The van der Waals surface area contributed by atoms with E-state index in [0.717, 1.165) is 6.42 Å². The lowest BCUT2D eigenvalue weighted by atomic mass is 10.1. The minimum absolute atomic E-state index is 0.237. The second-order valence-electron chi connectivity index (χ2n) is 4.17. The Balaban J connectivity index is 2.01. The van der Waals surface area contributed by atoms with Gasteiger partial charge in [-0.2, -0.15) is 4.98 Å². The summed E-state index contributed by atoms with van der Waals surface area (Å²) in [5.74, 6) is 0.997. The molecule has 0 saturated heterocycles. The SMILES string of the molecule is CC(Cc1ccccc1)Nc1nc(N)cc(Br)n1. The van der Waals surface area contributed by atoms with Crippen LogP contribution < -0.4 is 11.1 Å². The summed E-state index contributed by atoms with van der Waals surface area (Å²) in [5, 5.41) is 3.24. The van der Waals surface area contributed by atoms with Crippen LogP contribution in [0, 0.1) is 0 Å². The number of nitrogen functional groups attached to an aromatic ring is 1. The van der Waals surface area contributed by atoms with Gasteiger partial charge in [0, 0.05) is 12.1 Å². The molecule has 0 bridgehead atoms. The van der Waals surface area contributed by atoms with Gasteiger partial charge in [-0.15, -0.1) is 0 Å². The summed E-state index contributed by atoms with van der Waals surface area (Å²) in [5.41, 5.74) is 6.94. The number of aromatic nitrogens is 2. The van der Waals surface area contributed by atoms with Crippen molar-refractivity contribution in [3.05, 3.63) is 46.6 Å². The highest BCUT2D eigenvalue weighted by Gasteiger charge is 2.06. The van der Waals surface area contributed by atoms with Gasteiger partial charge >= 0.3 is 0 Å². The Morgan fingerprint density at radius 2 is 2.00 bits per heavy atom. The number of nitrogens with zero attached hydrogens (tertiary/aromatic N) is 2. The molecule has 5 heteroatoms. The van der Waals surface area contributed by atoms with Gasteiger partial charge in [-0.3, -0.25) is 0 Å². The molecule has 0 aliphatic heterocycles. The molecule has 0 spiro atoms. The number of anilines is 2. The number of rotatable bonds is 4. The molecule has 94 valence electrons. The lowest BCUT2D eigenvalue weighted by Crippen LogP contribution is -2.20. The van der Waals surface area contributed by atoms with Gasteiger partial charge in [-0.25, -0.2) is 4.98 Å². The molecule has 1 aromatic heterocycles. The maximum absolute atomic E-state index is 5.67. The number of hydrogen-bond donors (Lipinski definition) is 2. The molecule has 0 radical (unpaired) electrons. The first kappa shape index (κ1) is 12.8. The molecule has 1 heterocycles. The summed E-state index contributed by atoms with van der Waals surface area (Å²) in [6.45, 7) is 2.09. The Kier molecular flexibility index (Phi) is 4.15. The van der Waals surface area contributed by atoms with Gasteiger partial charge in [-0.05, 0) is 34.8 Å². The number of benzene rings is 1.